The lowest BCUT2D eigenvalue weighted by atomic mass is 10.1. The average molecular weight is 383 g/mol. The molecule has 140 valence electrons. The fourth-order valence-corrected chi connectivity index (χ4v) is 3.37. The highest BCUT2D eigenvalue weighted by atomic mass is 32.2. The van der Waals surface area contributed by atoms with Gasteiger partial charge in [-0.15, -0.1) is 0 Å². The molecule has 1 heterocycles. The minimum atomic E-state index is -0.289. The normalized spacial score (nSPS) is 15.5. The van der Waals surface area contributed by atoms with Crippen molar-refractivity contribution >= 4 is 29.0 Å². The summed E-state index contributed by atoms with van der Waals surface area (Å²) in [4.78, 5) is 25.2. The molecule has 0 spiro atoms. The second-order valence-corrected chi connectivity index (χ2v) is 7.15. The van der Waals surface area contributed by atoms with Crippen molar-refractivity contribution in [2.24, 2.45) is 0 Å². The summed E-state index contributed by atoms with van der Waals surface area (Å²) in [5.41, 5.74) is 3.05. The minimum Gasteiger partial charge on any atom is -0.490 e. The topological polar surface area (TPSA) is 55.8 Å². The van der Waals surface area contributed by atoms with Crippen LogP contribution in [0.15, 0.2) is 47.4 Å². The number of rotatable bonds is 6. The maximum atomic E-state index is 12.0. The van der Waals surface area contributed by atoms with Crippen molar-refractivity contribution < 1.29 is 19.1 Å². The van der Waals surface area contributed by atoms with Gasteiger partial charge in [0.05, 0.1) is 11.5 Å². The Balaban J connectivity index is 1.79. The predicted octanol–water partition coefficient (Wildman–Crippen LogP) is 4.64. The van der Waals surface area contributed by atoms with E-state index in [4.69, 9.17) is 9.47 Å². The number of benzene rings is 2. The van der Waals surface area contributed by atoms with E-state index in [1.165, 1.54) is 12.6 Å². The molecule has 2 aromatic carbocycles. The molecule has 0 N–H and O–H groups in total. The SMILES string of the molecule is CCOc1cc(/C=C2\SC(=O)N(C)C2=O)ccc1OCc1ccc(C)cc1. The zero-order valence-electron chi connectivity index (χ0n) is 15.5. The van der Waals surface area contributed by atoms with Crippen LogP contribution in [-0.2, 0) is 11.4 Å². The standard InChI is InChI=1S/C21H21NO4S/c1-4-25-18-11-16(12-19-20(23)22(3)21(24)27-19)9-10-17(18)26-13-15-7-5-14(2)6-8-15/h5-12H,4,13H2,1-3H3/b19-12-. The maximum absolute atomic E-state index is 12.0. The van der Waals surface area contributed by atoms with E-state index in [0.29, 0.717) is 29.6 Å². The van der Waals surface area contributed by atoms with E-state index in [1.807, 2.05) is 56.3 Å². The van der Waals surface area contributed by atoms with Crippen LogP contribution in [0.2, 0.25) is 0 Å². The smallest absolute Gasteiger partial charge is 0.293 e. The molecule has 0 unspecified atom stereocenters. The van der Waals surface area contributed by atoms with E-state index in [9.17, 15) is 9.59 Å². The number of hydrogen-bond acceptors (Lipinski definition) is 5. The van der Waals surface area contributed by atoms with Crippen LogP contribution in [0.5, 0.6) is 11.5 Å². The van der Waals surface area contributed by atoms with Gasteiger partial charge in [0.2, 0.25) is 0 Å². The number of carbonyl (C=O) groups is 2. The van der Waals surface area contributed by atoms with Gasteiger partial charge >= 0.3 is 0 Å². The maximum Gasteiger partial charge on any atom is 0.293 e. The molecule has 0 atom stereocenters. The number of carbonyl (C=O) groups excluding carboxylic acids is 2. The number of thioether (sulfide) groups is 1. The highest BCUT2D eigenvalue weighted by molar-refractivity contribution is 8.18. The number of imide groups is 1. The molecule has 6 heteroatoms. The summed E-state index contributed by atoms with van der Waals surface area (Å²) in [5.74, 6) is 0.954. The lowest BCUT2D eigenvalue weighted by Crippen LogP contribution is -2.22. The molecule has 2 amide bonds. The minimum absolute atomic E-state index is 0.269. The summed E-state index contributed by atoms with van der Waals surface area (Å²) >= 11 is 0.935. The van der Waals surface area contributed by atoms with Crippen molar-refractivity contribution in [1.29, 1.82) is 0 Å². The second-order valence-electron chi connectivity index (χ2n) is 6.15. The van der Waals surface area contributed by atoms with E-state index < -0.39 is 0 Å². The van der Waals surface area contributed by atoms with Crippen molar-refractivity contribution in [1.82, 2.24) is 4.90 Å². The van der Waals surface area contributed by atoms with Crippen molar-refractivity contribution in [3.8, 4) is 11.5 Å². The Morgan fingerprint density at radius 2 is 1.78 bits per heavy atom. The van der Waals surface area contributed by atoms with Gasteiger partial charge in [0.15, 0.2) is 11.5 Å². The molecule has 0 radical (unpaired) electrons. The van der Waals surface area contributed by atoms with Gasteiger partial charge in [-0.25, -0.2) is 0 Å². The molecule has 0 saturated carbocycles. The van der Waals surface area contributed by atoms with Crippen LogP contribution in [0.4, 0.5) is 4.79 Å². The van der Waals surface area contributed by atoms with Crippen molar-refractivity contribution in [3.63, 3.8) is 0 Å². The Hall–Kier alpha value is -2.73. The van der Waals surface area contributed by atoms with Crippen LogP contribution in [0.1, 0.15) is 23.6 Å². The van der Waals surface area contributed by atoms with Crippen LogP contribution in [-0.4, -0.2) is 29.7 Å². The van der Waals surface area contributed by atoms with Gasteiger partial charge in [-0.3, -0.25) is 14.5 Å². The summed E-state index contributed by atoms with van der Waals surface area (Å²) in [6.07, 6.45) is 1.70. The Bertz CT molecular complexity index is 890. The van der Waals surface area contributed by atoms with Crippen LogP contribution >= 0.6 is 11.8 Å². The van der Waals surface area contributed by atoms with Gasteiger partial charge in [0, 0.05) is 7.05 Å². The quantitative estimate of drug-likeness (QED) is 0.680. The number of nitrogens with zero attached hydrogens (tertiary/aromatic N) is 1. The van der Waals surface area contributed by atoms with E-state index in [1.54, 1.807) is 6.08 Å². The molecular weight excluding hydrogens is 362 g/mol. The summed E-state index contributed by atoms with van der Waals surface area (Å²) in [5, 5.41) is -0.269. The molecule has 0 aliphatic carbocycles. The first-order chi connectivity index (χ1) is 13.0. The lowest BCUT2D eigenvalue weighted by molar-refractivity contribution is -0.121. The number of ether oxygens (including phenoxy) is 2. The summed E-state index contributed by atoms with van der Waals surface area (Å²) in [6, 6.07) is 13.6. The highest BCUT2D eigenvalue weighted by Gasteiger charge is 2.31. The van der Waals surface area contributed by atoms with Gasteiger partial charge < -0.3 is 9.47 Å². The monoisotopic (exact) mass is 383 g/mol. The number of aryl methyl sites for hydroxylation is 1. The first kappa shape index (κ1) is 19.0. The molecule has 1 saturated heterocycles. The predicted molar refractivity (Wildman–Crippen MR) is 107 cm³/mol. The molecule has 0 bridgehead atoms. The molecule has 2 aromatic rings. The van der Waals surface area contributed by atoms with Crippen LogP contribution in [0.3, 0.4) is 0 Å². The molecule has 1 aliphatic heterocycles. The van der Waals surface area contributed by atoms with Crippen LogP contribution in [0.25, 0.3) is 6.08 Å². The summed E-state index contributed by atoms with van der Waals surface area (Å²) < 4.78 is 11.6. The molecule has 0 aromatic heterocycles. The fraction of sp³-hybridized carbons (Fsp3) is 0.238. The third kappa shape index (κ3) is 4.52. The molecule has 5 nitrogen and oxygen atoms in total. The Morgan fingerprint density at radius 3 is 2.41 bits per heavy atom. The Morgan fingerprint density at radius 1 is 1.04 bits per heavy atom. The van der Waals surface area contributed by atoms with Gasteiger partial charge in [0.25, 0.3) is 11.1 Å². The van der Waals surface area contributed by atoms with E-state index >= 15 is 0 Å². The summed E-state index contributed by atoms with van der Waals surface area (Å²) in [7, 11) is 1.48. The zero-order chi connectivity index (χ0) is 19.4. The van der Waals surface area contributed by atoms with Crippen LogP contribution < -0.4 is 9.47 Å². The van der Waals surface area contributed by atoms with Gasteiger partial charge in [-0.05, 0) is 54.9 Å². The first-order valence-corrected chi connectivity index (χ1v) is 9.46. The summed E-state index contributed by atoms with van der Waals surface area (Å²) in [6.45, 7) is 4.88. The van der Waals surface area contributed by atoms with Crippen molar-refractivity contribution in [2.45, 2.75) is 20.5 Å². The van der Waals surface area contributed by atoms with E-state index in [0.717, 1.165) is 27.8 Å². The number of amides is 2. The Labute approximate surface area is 163 Å². The molecule has 3 rings (SSSR count). The van der Waals surface area contributed by atoms with E-state index in [2.05, 4.69) is 0 Å². The molecule has 1 fully saturated rings. The average Bonchev–Trinajstić information content (AvgIpc) is 2.89. The van der Waals surface area contributed by atoms with E-state index in [-0.39, 0.29) is 11.1 Å². The highest BCUT2D eigenvalue weighted by Crippen LogP contribution is 2.34. The third-order valence-electron chi connectivity index (χ3n) is 4.07. The van der Waals surface area contributed by atoms with Crippen LogP contribution in [0, 0.1) is 6.92 Å². The fourth-order valence-electron chi connectivity index (χ4n) is 2.54. The lowest BCUT2D eigenvalue weighted by Gasteiger charge is -2.13. The number of likely N-dealkylation sites (N-methyl/N-ethyl adjacent to an activating group) is 1. The Kier molecular flexibility index (Phi) is 5.86. The molecule has 27 heavy (non-hydrogen) atoms. The first-order valence-electron chi connectivity index (χ1n) is 8.64. The molecular formula is C21H21NO4S. The molecule has 1 aliphatic rings. The zero-order valence-corrected chi connectivity index (χ0v) is 16.3. The van der Waals surface area contributed by atoms with Gasteiger partial charge in [0.1, 0.15) is 6.61 Å². The third-order valence-corrected chi connectivity index (χ3v) is 5.03. The number of hydrogen-bond donors (Lipinski definition) is 0. The second kappa shape index (κ2) is 8.31. The van der Waals surface area contributed by atoms with Crippen molar-refractivity contribution in [2.75, 3.05) is 13.7 Å². The van der Waals surface area contributed by atoms with Gasteiger partial charge in [-0.2, -0.15) is 0 Å². The van der Waals surface area contributed by atoms with Gasteiger partial charge in [-0.1, -0.05) is 35.9 Å². The van der Waals surface area contributed by atoms with Crippen molar-refractivity contribution in [3.05, 3.63) is 64.1 Å². The largest absolute Gasteiger partial charge is 0.490 e.